The number of quaternary nitrogens is 1. The number of carboxylic acids is 1. The van der Waals surface area contributed by atoms with E-state index in [0.717, 1.165) is 0 Å². The first-order chi connectivity index (χ1) is 3.68. The first-order valence-corrected chi connectivity index (χ1v) is 2.32. The third-order valence-electron chi connectivity index (χ3n) is 0.713. The van der Waals surface area contributed by atoms with Crippen LogP contribution in [-0.4, -0.2) is 18.7 Å². The van der Waals surface area contributed by atoms with Gasteiger partial charge in [0.15, 0.2) is 0 Å². The summed E-state index contributed by atoms with van der Waals surface area (Å²) in [5.74, 6) is -1.64. The summed E-state index contributed by atoms with van der Waals surface area (Å²) < 4.78 is 11.8. The standard InChI is InChI=1S/C4H8FNO2/c5-3(1-2-6)4(7)8/h3H,1-2,6H2,(H,7,8)/t3-/m0/s1. The van der Waals surface area contributed by atoms with Crippen molar-refractivity contribution < 1.29 is 20.0 Å². The predicted molar refractivity (Wildman–Crippen MR) is 22.3 cm³/mol. The highest BCUT2D eigenvalue weighted by atomic mass is 19.1. The summed E-state index contributed by atoms with van der Waals surface area (Å²) >= 11 is 0. The van der Waals surface area contributed by atoms with E-state index in [1.807, 2.05) is 0 Å². The maximum Gasteiger partial charge on any atom is 0.145 e. The second kappa shape index (κ2) is 3.37. The fourth-order valence-corrected chi connectivity index (χ4v) is 0.297. The van der Waals surface area contributed by atoms with Gasteiger partial charge in [0.2, 0.25) is 0 Å². The first kappa shape index (κ1) is 7.36. The van der Waals surface area contributed by atoms with E-state index in [-0.39, 0.29) is 13.0 Å². The summed E-state index contributed by atoms with van der Waals surface area (Å²) in [6.07, 6.45) is -1.89. The van der Waals surface area contributed by atoms with Crippen molar-refractivity contribution in [3.05, 3.63) is 0 Å². The monoisotopic (exact) mass is 121 g/mol. The summed E-state index contributed by atoms with van der Waals surface area (Å²) in [6.45, 7) is 0.287. The SMILES string of the molecule is [NH3+]CC[C@H](F)C(=O)[O-]. The fraction of sp³-hybridized carbons (Fsp3) is 0.750. The van der Waals surface area contributed by atoms with Crippen molar-refractivity contribution in [2.45, 2.75) is 12.6 Å². The molecule has 0 aliphatic rings. The van der Waals surface area contributed by atoms with Gasteiger partial charge in [0.05, 0.1) is 12.5 Å². The summed E-state index contributed by atoms with van der Waals surface area (Å²) in [7, 11) is 0. The Bertz CT molecular complexity index is 86.1. The van der Waals surface area contributed by atoms with Crippen molar-refractivity contribution in [3.63, 3.8) is 0 Å². The quantitative estimate of drug-likeness (QED) is 0.456. The molecule has 3 nitrogen and oxygen atoms in total. The van der Waals surface area contributed by atoms with Gasteiger partial charge in [0.25, 0.3) is 0 Å². The van der Waals surface area contributed by atoms with Gasteiger partial charge in [-0.3, -0.25) is 0 Å². The molecule has 0 radical (unpaired) electrons. The van der Waals surface area contributed by atoms with Crippen LogP contribution in [0.15, 0.2) is 0 Å². The topological polar surface area (TPSA) is 67.8 Å². The molecule has 0 aliphatic carbocycles. The second-order valence-electron chi connectivity index (χ2n) is 1.43. The molecule has 0 fully saturated rings. The first-order valence-electron chi connectivity index (χ1n) is 2.32. The van der Waals surface area contributed by atoms with Gasteiger partial charge < -0.3 is 15.6 Å². The van der Waals surface area contributed by atoms with Crippen molar-refractivity contribution in [2.24, 2.45) is 0 Å². The lowest BCUT2D eigenvalue weighted by molar-refractivity contribution is -0.372. The Morgan fingerprint density at radius 1 is 1.88 bits per heavy atom. The molecular formula is C4H8FNO2. The Kier molecular flexibility index (Phi) is 3.10. The molecule has 0 aliphatic heterocycles. The fourth-order valence-electron chi connectivity index (χ4n) is 0.297. The van der Waals surface area contributed by atoms with Crippen LogP contribution in [0.3, 0.4) is 0 Å². The molecule has 0 aromatic rings. The summed E-state index contributed by atoms with van der Waals surface area (Å²) in [5, 5.41) is 9.58. The number of halogens is 1. The maximum absolute atomic E-state index is 11.8. The van der Waals surface area contributed by atoms with Crippen LogP contribution in [0.25, 0.3) is 0 Å². The number of rotatable bonds is 3. The zero-order valence-corrected chi connectivity index (χ0v) is 4.39. The lowest BCUT2D eigenvalue weighted by Gasteiger charge is -2.03. The van der Waals surface area contributed by atoms with Gasteiger partial charge in [0, 0.05) is 6.42 Å². The number of hydrogen-bond acceptors (Lipinski definition) is 2. The van der Waals surface area contributed by atoms with Gasteiger partial charge in [-0.1, -0.05) is 0 Å². The molecule has 0 aromatic heterocycles. The van der Waals surface area contributed by atoms with E-state index in [2.05, 4.69) is 5.73 Å². The Labute approximate surface area is 46.3 Å². The molecule has 0 bridgehead atoms. The predicted octanol–water partition coefficient (Wildman–Crippen LogP) is -2.29. The minimum absolute atomic E-state index is 0.0532. The average molecular weight is 121 g/mol. The zero-order valence-electron chi connectivity index (χ0n) is 4.39. The summed E-state index contributed by atoms with van der Waals surface area (Å²) in [4.78, 5) is 9.58. The number of alkyl halides is 1. The molecule has 0 saturated heterocycles. The average Bonchev–Trinajstić information content (AvgIpc) is 1.67. The number of hydrogen-bond donors (Lipinski definition) is 1. The highest BCUT2D eigenvalue weighted by molar-refractivity contribution is 5.69. The maximum atomic E-state index is 11.8. The smallest absolute Gasteiger partial charge is 0.145 e. The molecule has 0 aromatic carbocycles. The highest BCUT2D eigenvalue weighted by Gasteiger charge is 2.04. The van der Waals surface area contributed by atoms with Gasteiger partial charge in [-0.05, 0) is 0 Å². The number of carboxylic acid groups (broad SMARTS) is 1. The van der Waals surface area contributed by atoms with Crippen LogP contribution in [0, 0.1) is 0 Å². The van der Waals surface area contributed by atoms with Crippen molar-refractivity contribution in [3.8, 4) is 0 Å². The molecule has 4 heteroatoms. The third kappa shape index (κ3) is 2.52. The lowest BCUT2D eigenvalue weighted by Crippen LogP contribution is -2.52. The van der Waals surface area contributed by atoms with E-state index in [4.69, 9.17) is 0 Å². The summed E-state index contributed by atoms with van der Waals surface area (Å²) in [5.41, 5.74) is 3.28. The van der Waals surface area contributed by atoms with Crippen LogP contribution < -0.4 is 10.8 Å². The molecule has 48 valence electrons. The molecule has 0 unspecified atom stereocenters. The largest absolute Gasteiger partial charge is 0.547 e. The Hall–Kier alpha value is -0.640. The van der Waals surface area contributed by atoms with Crippen LogP contribution >= 0.6 is 0 Å². The van der Waals surface area contributed by atoms with Gasteiger partial charge in [-0.25, -0.2) is 4.39 Å². The Morgan fingerprint density at radius 2 is 2.38 bits per heavy atom. The molecule has 0 amide bonds. The molecule has 3 N–H and O–H groups in total. The molecule has 0 rings (SSSR count). The zero-order chi connectivity index (χ0) is 6.57. The highest BCUT2D eigenvalue weighted by Crippen LogP contribution is 1.91. The normalized spacial score (nSPS) is 13.2. The Morgan fingerprint density at radius 3 is 2.50 bits per heavy atom. The minimum atomic E-state index is -1.84. The van der Waals surface area contributed by atoms with Crippen LogP contribution in [0.2, 0.25) is 0 Å². The van der Waals surface area contributed by atoms with E-state index in [0.29, 0.717) is 0 Å². The molecule has 8 heavy (non-hydrogen) atoms. The van der Waals surface area contributed by atoms with Crippen LogP contribution in [0.1, 0.15) is 6.42 Å². The van der Waals surface area contributed by atoms with E-state index in [1.165, 1.54) is 0 Å². The number of carbonyl (C=O) groups is 1. The molecule has 0 spiro atoms. The summed E-state index contributed by atoms with van der Waals surface area (Å²) in [6, 6.07) is 0. The minimum Gasteiger partial charge on any atom is -0.547 e. The van der Waals surface area contributed by atoms with Gasteiger partial charge in [-0.15, -0.1) is 0 Å². The van der Waals surface area contributed by atoms with Crippen LogP contribution in [0.5, 0.6) is 0 Å². The third-order valence-corrected chi connectivity index (χ3v) is 0.713. The number of carbonyl (C=O) groups excluding carboxylic acids is 1. The van der Waals surface area contributed by atoms with Gasteiger partial charge >= 0.3 is 0 Å². The van der Waals surface area contributed by atoms with E-state index in [9.17, 15) is 14.3 Å². The second-order valence-corrected chi connectivity index (χ2v) is 1.43. The van der Waals surface area contributed by atoms with Crippen molar-refractivity contribution >= 4 is 5.97 Å². The van der Waals surface area contributed by atoms with Crippen LogP contribution in [0.4, 0.5) is 4.39 Å². The van der Waals surface area contributed by atoms with Gasteiger partial charge in [-0.2, -0.15) is 0 Å². The molecule has 1 atom stereocenters. The van der Waals surface area contributed by atoms with Crippen molar-refractivity contribution in [1.82, 2.24) is 0 Å². The van der Waals surface area contributed by atoms with Gasteiger partial charge in [0.1, 0.15) is 6.17 Å². The van der Waals surface area contributed by atoms with E-state index < -0.39 is 12.1 Å². The van der Waals surface area contributed by atoms with E-state index >= 15 is 0 Å². The molecule has 0 heterocycles. The van der Waals surface area contributed by atoms with Crippen molar-refractivity contribution in [2.75, 3.05) is 6.54 Å². The van der Waals surface area contributed by atoms with Crippen LogP contribution in [-0.2, 0) is 4.79 Å². The molecular weight excluding hydrogens is 113 g/mol. The Balaban J connectivity index is 3.32. The lowest BCUT2D eigenvalue weighted by atomic mass is 10.3. The molecule has 0 saturated carbocycles. The van der Waals surface area contributed by atoms with Crippen molar-refractivity contribution in [1.29, 1.82) is 0 Å². The number of aliphatic carboxylic acids is 1. The van der Waals surface area contributed by atoms with E-state index in [1.54, 1.807) is 0 Å².